The number of esters is 2. The lowest BCUT2D eigenvalue weighted by Gasteiger charge is -2.27. The normalized spacial score (nSPS) is 12.1. The average molecular weight is 314 g/mol. The summed E-state index contributed by atoms with van der Waals surface area (Å²) in [5, 5.41) is 2.69. The van der Waals surface area contributed by atoms with Crippen molar-refractivity contribution in [2.75, 3.05) is 19.7 Å². The van der Waals surface area contributed by atoms with Gasteiger partial charge in [0.25, 0.3) is 0 Å². The number of hydrogen-bond donors (Lipinski definition) is 1. The average Bonchev–Trinajstić information content (AvgIpc) is 2.43. The van der Waals surface area contributed by atoms with E-state index in [2.05, 4.69) is 5.32 Å². The highest BCUT2D eigenvalue weighted by molar-refractivity contribution is 5.91. The van der Waals surface area contributed by atoms with E-state index in [9.17, 15) is 14.4 Å². The quantitative estimate of drug-likeness (QED) is 0.542. The van der Waals surface area contributed by atoms with Crippen molar-refractivity contribution in [3.8, 4) is 0 Å². The number of carbonyl (C=O) groups is 3. The van der Waals surface area contributed by atoms with Crippen LogP contribution >= 0.6 is 0 Å². The number of urea groups is 1. The molecule has 0 heterocycles. The van der Waals surface area contributed by atoms with Gasteiger partial charge in [0, 0.05) is 25.2 Å². The van der Waals surface area contributed by atoms with E-state index in [-0.39, 0.29) is 24.8 Å². The summed E-state index contributed by atoms with van der Waals surface area (Å²) in [5.74, 6) is -1.25. The highest BCUT2D eigenvalue weighted by atomic mass is 16.5. The number of hydrogen-bond acceptors (Lipinski definition) is 5. The Morgan fingerprint density at radius 1 is 1.09 bits per heavy atom. The Morgan fingerprint density at radius 2 is 1.68 bits per heavy atom. The summed E-state index contributed by atoms with van der Waals surface area (Å²) in [6.45, 7) is 9.96. The monoisotopic (exact) mass is 314 g/mol. The molecule has 0 aliphatic rings. The lowest BCUT2D eigenvalue weighted by atomic mass is 10.3. The molecule has 7 heteroatoms. The maximum atomic E-state index is 11.8. The number of likely N-dealkylation sites (N-methyl/N-ethyl adjacent to an activating group) is 1. The molecule has 1 N–H and O–H groups in total. The molecule has 0 saturated heterocycles. The molecule has 0 aromatic heterocycles. The van der Waals surface area contributed by atoms with Gasteiger partial charge >= 0.3 is 18.0 Å². The van der Waals surface area contributed by atoms with Gasteiger partial charge in [-0.2, -0.15) is 0 Å². The first-order chi connectivity index (χ1) is 10.3. The summed E-state index contributed by atoms with van der Waals surface area (Å²) in [6.07, 6.45) is 1.79. The molecule has 0 spiro atoms. The molecule has 0 aliphatic carbocycles. The minimum absolute atomic E-state index is 0.0490. The second-order valence-corrected chi connectivity index (χ2v) is 4.92. The van der Waals surface area contributed by atoms with Gasteiger partial charge in [-0.25, -0.2) is 14.4 Å². The van der Waals surface area contributed by atoms with Crippen molar-refractivity contribution in [3.05, 3.63) is 12.2 Å². The fourth-order valence-corrected chi connectivity index (χ4v) is 1.66. The Kier molecular flexibility index (Phi) is 9.65. The van der Waals surface area contributed by atoms with E-state index in [4.69, 9.17) is 9.47 Å². The van der Waals surface area contributed by atoms with Crippen molar-refractivity contribution in [2.24, 2.45) is 0 Å². The molecule has 0 rings (SSSR count). The van der Waals surface area contributed by atoms with Crippen molar-refractivity contribution in [3.63, 3.8) is 0 Å². The molecular formula is C15H26N2O5. The summed E-state index contributed by atoms with van der Waals surface area (Å²) < 4.78 is 9.86. The van der Waals surface area contributed by atoms with Crippen LogP contribution in [0.4, 0.5) is 4.79 Å². The smallest absolute Gasteiger partial charge is 0.331 e. The van der Waals surface area contributed by atoms with Crippen LogP contribution in [0.25, 0.3) is 0 Å². The Bertz CT molecular complexity index is 407. The summed E-state index contributed by atoms with van der Waals surface area (Å²) in [4.78, 5) is 36.1. The van der Waals surface area contributed by atoms with Gasteiger partial charge in [-0.1, -0.05) is 0 Å². The Morgan fingerprint density at radius 3 is 2.18 bits per heavy atom. The van der Waals surface area contributed by atoms with E-state index >= 15 is 0 Å². The molecule has 0 aromatic rings. The molecule has 2 amide bonds. The van der Waals surface area contributed by atoms with E-state index in [1.165, 1.54) is 0 Å². The third kappa shape index (κ3) is 8.28. The van der Waals surface area contributed by atoms with Gasteiger partial charge in [0.15, 0.2) is 0 Å². The molecule has 22 heavy (non-hydrogen) atoms. The van der Waals surface area contributed by atoms with Gasteiger partial charge in [0.05, 0.1) is 12.1 Å². The number of amides is 2. The maximum absolute atomic E-state index is 11.8. The van der Waals surface area contributed by atoms with Gasteiger partial charge in [-0.05, 0) is 34.6 Å². The number of carbonyl (C=O) groups excluding carboxylic acids is 3. The van der Waals surface area contributed by atoms with Crippen LogP contribution in [0.3, 0.4) is 0 Å². The zero-order valence-corrected chi connectivity index (χ0v) is 13.9. The molecule has 0 aliphatic heterocycles. The van der Waals surface area contributed by atoms with Gasteiger partial charge in [-0.3, -0.25) is 0 Å². The predicted molar refractivity (Wildman–Crippen MR) is 82.2 cm³/mol. The van der Waals surface area contributed by atoms with Crippen molar-refractivity contribution in [2.45, 2.75) is 46.8 Å². The molecule has 0 radical (unpaired) electrons. The van der Waals surface area contributed by atoms with Crippen molar-refractivity contribution < 1.29 is 23.9 Å². The fraction of sp³-hybridized carbons (Fsp3) is 0.667. The van der Waals surface area contributed by atoms with Crippen LogP contribution in [0.5, 0.6) is 0 Å². The van der Waals surface area contributed by atoms with Crippen LogP contribution in [0, 0.1) is 0 Å². The second-order valence-electron chi connectivity index (χ2n) is 4.92. The van der Waals surface area contributed by atoms with Gasteiger partial charge in [-0.15, -0.1) is 0 Å². The van der Waals surface area contributed by atoms with Crippen LogP contribution in [0.2, 0.25) is 0 Å². The summed E-state index contributed by atoms with van der Waals surface area (Å²) in [6, 6.07) is -0.471. The van der Waals surface area contributed by atoms with Gasteiger partial charge in [0.2, 0.25) is 0 Å². The molecule has 1 unspecified atom stereocenters. The second kappa shape index (κ2) is 10.6. The predicted octanol–water partition coefficient (Wildman–Crippen LogP) is 1.48. The molecule has 7 nitrogen and oxygen atoms in total. The topological polar surface area (TPSA) is 84.9 Å². The third-order valence-electron chi connectivity index (χ3n) is 2.64. The van der Waals surface area contributed by atoms with Crippen LogP contribution < -0.4 is 5.32 Å². The molecule has 0 fully saturated rings. The first-order valence-corrected chi connectivity index (χ1v) is 7.41. The molecule has 1 atom stereocenters. The molecule has 0 bridgehead atoms. The van der Waals surface area contributed by atoms with Crippen LogP contribution in [0.1, 0.15) is 34.6 Å². The first-order valence-electron chi connectivity index (χ1n) is 7.41. The molecule has 0 saturated carbocycles. The standard InChI is InChI=1S/C15H26N2O5/c1-6-16-15(20)17(7-2)12(5)10-21-13(18)8-9-14(19)22-11(3)4/h8-9,11-12H,6-7,10H2,1-5H3,(H,16,20)/b9-8+. The summed E-state index contributed by atoms with van der Waals surface area (Å²) >= 11 is 0. The van der Waals surface area contributed by atoms with E-state index < -0.39 is 11.9 Å². The Labute approximate surface area is 131 Å². The number of ether oxygens (including phenoxy) is 2. The zero-order chi connectivity index (χ0) is 17.1. The van der Waals surface area contributed by atoms with Gasteiger partial charge < -0.3 is 19.7 Å². The van der Waals surface area contributed by atoms with Crippen LogP contribution in [0.15, 0.2) is 12.2 Å². The number of nitrogens with zero attached hydrogens (tertiary/aromatic N) is 1. The largest absolute Gasteiger partial charge is 0.460 e. The third-order valence-corrected chi connectivity index (χ3v) is 2.64. The van der Waals surface area contributed by atoms with Crippen LogP contribution in [-0.4, -0.2) is 54.7 Å². The lowest BCUT2D eigenvalue weighted by Crippen LogP contribution is -2.46. The van der Waals surface area contributed by atoms with E-state index in [1.807, 2.05) is 13.8 Å². The van der Waals surface area contributed by atoms with Gasteiger partial charge in [0.1, 0.15) is 6.61 Å². The minimum atomic E-state index is -0.653. The SMILES string of the molecule is CCNC(=O)N(CC)C(C)COC(=O)/C=C/C(=O)OC(C)C. The number of rotatable bonds is 8. The minimum Gasteiger partial charge on any atom is -0.460 e. The molecular weight excluding hydrogens is 288 g/mol. The highest BCUT2D eigenvalue weighted by Gasteiger charge is 2.18. The molecule has 0 aromatic carbocycles. The Balaban J connectivity index is 4.30. The Hall–Kier alpha value is -2.05. The van der Waals surface area contributed by atoms with Crippen molar-refractivity contribution in [1.29, 1.82) is 0 Å². The van der Waals surface area contributed by atoms with Crippen molar-refractivity contribution >= 4 is 18.0 Å². The lowest BCUT2D eigenvalue weighted by molar-refractivity contribution is -0.143. The highest BCUT2D eigenvalue weighted by Crippen LogP contribution is 2.01. The zero-order valence-electron chi connectivity index (χ0n) is 13.9. The maximum Gasteiger partial charge on any atom is 0.331 e. The number of nitrogens with one attached hydrogen (secondary N) is 1. The molecule has 126 valence electrons. The first kappa shape index (κ1) is 19.9. The van der Waals surface area contributed by atoms with E-state index in [0.717, 1.165) is 12.2 Å². The summed E-state index contributed by atoms with van der Waals surface area (Å²) in [5.41, 5.74) is 0. The van der Waals surface area contributed by atoms with Crippen molar-refractivity contribution in [1.82, 2.24) is 10.2 Å². The fourth-order valence-electron chi connectivity index (χ4n) is 1.66. The van der Waals surface area contributed by atoms with Crippen LogP contribution in [-0.2, 0) is 19.1 Å². The van der Waals surface area contributed by atoms with E-state index in [0.29, 0.717) is 13.1 Å². The van der Waals surface area contributed by atoms with E-state index in [1.54, 1.807) is 25.7 Å². The summed E-state index contributed by atoms with van der Waals surface area (Å²) in [7, 11) is 0.